The SMILES string of the molecule is COc1cccc(CN(C[C@@H](O)COC(C)C)C[C@@H]2CC(c3ccc(F)cc3)=NO2)c1. The molecular weight excluding hydrogens is 399 g/mol. The van der Waals surface area contributed by atoms with Gasteiger partial charge in [-0.15, -0.1) is 0 Å². The Morgan fingerprint density at radius 1 is 1.23 bits per heavy atom. The summed E-state index contributed by atoms with van der Waals surface area (Å²) in [5.74, 6) is 0.516. The average Bonchev–Trinajstić information content (AvgIpc) is 3.21. The van der Waals surface area contributed by atoms with Crippen molar-refractivity contribution in [2.45, 2.75) is 45.1 Å². The molecule has 0 unspecified atom stereocenters. The maximum absolute atomic E-state index is 13.2. The van der Waals surface area contributed by atoms with E-state index in [1.807, 2.05) is 38.1 Å². The zero-order valence-corrected chi connectivity index (χ0v) is 18.3. The van der Waals surface area contributed by atoms with Crippen LogP contribution in [0.25, 0.3) is 0 Å². The molecule has 0 fully saturated rings. The van der Waals surface area contributed by atoms with Crippen molar-refractivity contribution < 1.29 is 23.8 Å². The summed E-state index contributed by atoms with van der Waals surface area (Å²) in [6.45, 7) is 5.82. The minimum Gasteiger partial charge on any atom is -0.497 e. The predicted molar refractivity (Wildman–Crippen MR) is 118 cm³/mol. The van der Waals surface area contributed by atoms with E-state index in [-0.39, 0.29) is 24.6 Å². The van der Waals surface area contributed by atoms with Gasteiger partial charge in [-0.2, -0.15) is 0 Å². The van der Waals surface area contributed by atoms with Crippen LogP contribution in [-0.4, -0.2) is 60.8 Å². The smallest absolute Gasteiger partial charge is 0.145 e. The molecule has 0 aliphatic carbocycles. The van der Waals surface area contributed by atoms with Crippen LogP contribution in [0.3, 0.4) is 0 Å². The number of aliphatic hydroxyl groups excluding tert-OH is 1. The number of halogens is 1. The second-order valence-corrected chi connectivity index (χ2v) is 8.06. The average molecular weight is 431 g/mol. The predicted octanol–water partition coefficient (Wildman–Crippen LogP) is 3.62. The summed E-state index contributed by atoms with van der Waals surface area (Å²) < 4.78 is 24.1. The lowest BCUT2D eigenvalue weighted by Crippen LogP contribution is -2.39. The van der Waals surface area contributed by atoms with E-state index in [0.717, 1.165) is 22.6 Å². The van der Waals surface area contributed by atoms with E-state index in [1.54, 1.807) is 19.2 Å². The number of nitrogens with zero attached hydrogens (tertiary/aromatic N) is 2. The maximum atomic E-state index is 13.2. The Labute approximate surface area is 183 Å². The summed E-state index contributed by atoms with van der Waals surface area (Å²) in [5, 5.41) is 14.7. The van der Waals surface area contributed by atoms with Crippen LogP contribution in [-0.2, 0) is 16.1 Å². The van der Waals surface area contributed by atoms with Crippen molar-refractivity contribution in [1.82, 2.24) is 4.90 Å². The van der Waals surface area contributed by atoms with Crippen LogP contribution in [0.15, 0.2) is 53.7 Å². The molecule has 1 N–H and O–H groups in total. The molecule has 2 atom stereocenters. The van der Waals surface area contributed by atoms with Crippen LogP contribution >= 0.6 is 0 Å². The molecule has 31 heavy (non-hydrogen) atoms. The second kappa shape index (κ2) is 11.2. The summed E-state index contributed by atoms with van der Waals surface area (Å²) in [6, 6.07) is 14.1. The number of hydrogen-bond donors (Lipinski definition) is 1. The Balaban J connectivity index is 1.63. The van der Waals surface area contributed by atoms with E-state index in [9.17, 15) is 9.50 Å². The van der Waals surface area contributed by atoms with Gasteiger partial charge in [-0.25, -0.2) is 4.39 Å². The fourth-order valence-electron chi connectivity index (χ4n) is 3.51. The molecule has 6 nitrogen and oxygen atoms in total. The van der Waals surface area contributed by atoms with Crippen LogP contribution in [0.5, 0.6) is 5.75 Å². The van der Waals surface area contributed by atoms with Gasteiger partial charge in [0.25, 0.3) is 0 Å². The highest BCUT2D eigenvalue weighted by molar-refractivity contribution is 6.01. The molecular formula is C24H31FN2O4. The fraction of sp³-hybridized carbons (Fsp3) is 0.458. The summed E-state index contributed by atoms with van der Waals surface area (Å²) in [6.07, 6.45) is -0.0826. The Morgan fingerprint density at radius 3 is 2.71 bits per heavy atom. The van der Waals surface area contributed by atoms with Crippen molar-refractivity contribution in [1.29, 1.82) is 0 Å². The van der Waals surface area contributed by atoms with Gasteiger partial charge in [-0.05, 0) is 49.2 Å². The largest absolute Gasteiger partial charge is 0.497 e. The maximum Gasteiger partial charge on any atom is 0.145 e. The molecule has 0 spiro atoms. The molecule has 0 amide bonds. The van der Waals surface area contributed by atoms with Crippen molar-refractivity contribution >= 4 is 5.71 Å². The molecule has 0 aromatic heterocycles. The topological polar surface area (TPSA) is 63.5 Å². The van der Waals surface area contributed by atoms with E-state index in [4.69, 9.17) is 14.3 Å². The van der Waals surface area contributed by atoms with Crippen LogP contribution < -0.4 is 4.74 Å². The first-order chi connectivity index (χ1) is 14.9. The highest BCUT2D eigenvalue weighted by atomic mass is 19.1. The third-order valence-electron chi connectivity index (χ3n) is 5.00. The molecule has 0 saturated heterocycles. The number of methoxy groups -OCH3 is 1. The van der Waals surface area contributed by atoms with Gasteiger partial charge in [-0.3, -0.25) is 4.90 Å². The Kier molecular flexibility index (Phi) is 8.40. The quantitative estimate of drug-likeness (QED) is 0.590. The minimum atomic E-state index is -0.619. The van der Waals surface area contributed by atoms with Crippen molar-refractivity contribution in [2.75, 3.05) is 26.8 Å². The molecule has 0 saturated carbocycles. The van der Waals surface area contributed by atoms with Crippen LogP contribution in [0.4, 0.5) is 4.39 Å². The first-order valence-corrected chi connectivity index (χ1v) is 10.6. The Morgan fingerprint density at radius 2 is 2.00 bits per heavy atom. The second-order valence-electron chi connectivity index (χ2n) is 8.06. The van der Waals surface area contributed by atoms with Crippen molar-refractivity contribution in [3.8, 4) is 5.75 Å². The molecule has 7 heteroatoms. The highest BCUT2D eigenvalue weighted by Crippen LogP contribution is 2.20. The van der Waals surface area contributed by atoms with E-state index in [0.29, 0.717) is 26.1 Å². The zero-order chi connectivity index (χ0) is 22.2. The molecule has 168 valence electrons. The first-order valence-electron chi connectivity index (χ1n) is 10.6. The summed E-state index contributed by atoms with van der Waals surface area (Å²) in [7, 11) is 1.64. The third kappa shape index (κ3) is 7.31. The van der Waals surface area contributed by atoms with E-state index in [2.05, 4.69) is 10.1 Å². The van der Waals surface area contributed by atoms with Gasteiger partial charge in [0.05, 0.1) is 31.6 Å². The lowest BCUT2D eigenvalue weighted by Gasteiger charge is -2.27. The van der Waals surface area contributed by atoms with Gasteiger partial charge in [0.1, 0.15) is 17.7 Å². The number of hydrogen-bond acceptors (Lipinski definition) is 6. The number of ether oxygens (including phenoxy) is 2. The standard InChI is InChI=1S/C24H31FN2O4/c1-17(2)30-16-21(28)14-27(13-18-5-4-6-22(11-18)29-3)15-23-12-24(26-31-23)19-7-9-20(25)10-8-19/h4-11,17,21,23,28H,12-16H2,1-3H3/t21-,23+/m1/s1. The van der Waals surface area contributed by atoms with Crippen molar-refractivity contribution in [3.05, 3.63) is 65.5 Å². The van der Waals surface area contributed by atoms with E-state index in [1.165, 1.54) is 12.1 Å². The van der Waals surface area contributed by atoms with Gasteiger partial charge < -0.3 is 19.4 Å². The van der Waals surface area contributed by atoms with Crippen LogP contribution in [0.2, 0.25) is 0 Å². The van der Waals surface area contributed by atoms with E-state index < -0.39 is 6.10 Å². The van der Waals surface area contributed by atoms with Gasteiger partial charge in [0.2, 0.25) is 0 Å². The lowest BCUT2D eigenvalue weighted by molar-refractivity contribution is -0.0194. The first kappa shape index (κ1) is 23.2. The van der Waals surface area contributed by atoms with Gasteiger partial charge in [0.15, 0.2) is 0 Å². The summed E-state index contributed by atoms with van der Waals surface area (Å²) in [5.41, 5.74) is 2.73. The Hall–Kier alpha value is -2.48. The summed E-state index contributed by atoms with van der Waals surface area (Å²) >= 11 is 0. The molecule has 0 bridgehead atoms. The number of rotatable bonds is 11. The van der Waals surface area contributed by atoms with Crippen LogP contribution in [0, 0.1) is 5.82 Å². The monoisotopic (exact) mass is 430 g/mol. The molecule has 0 radical (unpaired) electrons. The fourth-order valence-corrected chi connectivity index (χ4v) is 3.51. The van der Waals surface area contributed by atoms with E-state index >= 15 is 0 Å². The van der Waals surface area contributed by atoms with Gasteiger partial charge in [0, 0.05) is 26.1 Å². The van der Waals surface area contributed by atoms with Crippen LogP contribution in [0.1, 0.15) is 31.4 Å². The molecule has 1 aliphatic rings. The lowest BCUT2D eigenvalue weighted by atomic mass is 10.0. The highest BCUT2D eigenvalue weighted by Gasteiger charge is 2.26. The molecule has 1 heterocycles. The van der Waals surface area contributed by atoms with Gasteiger partial charge >= 0.3 is 0 Å². The Bertz CT molecular complexity index is 857. The zero-order valence-electron chi connectivity index (χ0n) is 18.3. The number of benzene rings is 2. The third-order valence-corrected chi connectivity index (χ3v) is 5.00. The molecule has 2 aromatic rings. The minimum absolute atomic E-state index is 0.0614. The number of oxime groups is 1. The molecule has 1 aliphatic heterocycles. The van der Waals surface area contributed by atoms with Gasteiger partial charge in [-0.1, -0.05) is 29.4 Å². The summed E-state index contributed by atoms with van der Waals surface area (Å²) in [4.78, 5) is 7.79. The normalized spacial score (nSPS) is 17.0. The number of aliphatic hydroxyl groups is 1. The molecule has 3 rings (SSSR count). The molecule has 2 aromatic carbocycles. The van der Waals surface area contributed by atoms with Crippen molar-refractivity contribution in [2.24, 2.45) is 5.16 Å². The van der Waals surface area contributed by atoms with Crippen molar-refractivity contribution in [3.63, 3.8) is 0 Å².